The van der Waals surface area contributed by atoms with Crippen molar-refractivity contribution in [2.45, 2.75) is 25.5 Å². The summed E-state index contributed by atoms with van der Waals surface area (Å²) < 4.78 is 21.8. The number of benzene rings is 3. The summed E-state index contributed by atoms with van der Waals surface area (Å²) in [5.74, 6) is -0.396. The molecule has 0 saturated carbocycles. The van der Waals surface area contributed by atoms with Gasteiger partial charge in [-0.25, -0.2) is 4.39 Å². The molecule has 3 N–H and O–H groups in total. The Bertz CT molecular complexity index is 1330. The van der Waals surface area contributed by atoms with E-state index in [2.05, 4.69) is 14.8 Å². The Hall–Kier alpha value is -3.91. The fourth-order valence-electron chi connectivity index (χ4n) is 4.59. The molecule has 0 aliphatic carbocycles. The number of carbonyl (C=O) groups excluding carboxylic acids is 1. The largest absolute Gasteiger partial charge is 0.461 e. The number of rotatable bonds is 8. The number of hydrogen-bond acceptors (Lipinski definition) is 5. The topological polar surface area (TPSA) is 85.4 Å². The number of anilines is 1. The summed E-state index contributed by atoms with van der Waals surface area (Å²) in [6, 6.07) is 22.2. The first-order chi connectivity index (χ1) is 17.6. The molecular weight excluding hydrogens is 457 g/mol. The van der Waals surface area contributed by atoms with Crippen LogP contribution in [0, 0.1) is 5.82 Å². The van der Waals surface area contributed by atoms with Gasteiger partial charge in [-0.05, 0) is 54.8 Å². The van der Waals surface area contributed by atoms with Crippen molar-refractivity contribution in [1.29, 1.82) is 0 Å². The number of nitrogens with zero attached hydrogens (tertiary/aromatic N) is 3. The Labute approximate surface area is 209 Å². The third-order valence-corrected chi connectivity index (χ3v) is 6.60. The van der Waals surface area contributed by atoms with E-state index in [0.29, 0.717) is 30.4 Å². The third kappa shape index (κ3) is 5.49. The first-order valence-electron chi connectivity index (χ1n) is 12.3. The Morgan fingerprint density at radius 1 is 1.03 bits per heavy atom. The second-order valence-electron chi connectivity index (χ2n) is 9.10. The second kappa shape index (κ2) is 10.8. The van der Waals surface area contributed by atoms with E-state index >= 15 is 0 Å². The molecule has 1 aliphatic heterocycles. The average molecular weight is 488 g/mol. The number of amides is 1. The van der Waals surface area contributed by atoms with Crippen molar-refractivity contribution in [2.24, 2.45) is 0 Å². The van der Waals surface area contributed by atoms with E-state index < -0.39 is 0 Å². The molecule has 1 fully saturated rings. The van der Waals surface area contributed by atoms with Crippen LogP contribution in [0.3, 0.4) is 0 Å². The molecule has 1 amide bonds. The summed E-state index contributed by atoms with van der Waals surface area (Å²) in [5.41, 5.74) is 9.74. The lowest BCUT2D eigenvalue weighted by atomic mass is 10.1. The Morgan fingerprint density at radius 2 is 1.75 bits per heavy atom. The van der Waals surface area contributed by atoms with Crippen molar-refractivity contribution in [3.63, 3.8) is 0 Å². The molecule has 1 saturated heterocycles. The van der Waals surface area contributed by atoms with Crippen molar-refractivity contribution >= 4 is 22.6 Å². The minimum absolute atomic E-state index is 0.0590. The van der Waals surface area contributed by atoms with E-state index in [1.165, 1.54) is 12.1 Å². The van der Waals surface area contributed by atoms with Gasteiger partial charge in [0, 0.05) is 31.9 Å². The highest BCUT2D eigenvalue weighted by Crippen LogP contribution is 2.26. The van der Waals surface area contributed by atoms with Crippen LogP contribution in [0.1, 0.15) is 28.8 Å². The number of carbonyl (C=O) groups is 1. The van der Waals surface area contributed by atoms with E-state index in [1.54, 1.807) is 24.3 Å². The quantitative estimate of drug-likeness (QED) is 0.366. The number of ether oxygens (including phenoxy) is 1. The van der Waals surface area contributed by atoms with Crippen LogP contribution < -0.4 is 15.8 Å². The minimum atomic E-state index is -0.249. The van der Waals surface area contributed by atoms with Gasteiger partial charge in [0.2, 0.25) is 0 Å². The number of nitrogen functional groups attached to an aromatic ring is 1. The van der Waals surface area contributed by atoms with Gasteiger partial charge in [0.05, 0.1) is 23.1 Å². The van der Waals surface area contributed by atoms with Gasteiger partial charge in [0.1, 0.15) is 11.9 Å². The van der Waals surface area contributed by atoms with Crippen LogP contribution in [0.4, 0.5) is 10.1 Å². The molecule has 0 radical (unpaired) electrons. The number of fused-ring (bicyclic) bond motifs is 1. The van der Waals surface area contributed by atoms with Gasteiger partial charge in [0.25, 0.3) is 11.9 Å². The lowest BCUT2D eigenvalue weighted by Gasteiger charge is -2.31. The first kappa shape index (κ1) is 23.8. The summed E-state index contributed by atoms with van der Waals surface area (Å²) >= 11 is 0. The van der Waals surface area contributed by atoms with E-state index in [1.807, 2.05) is 36.4 Å². The highest BCUT2D eigenvalue weighted by atomic mass is 19.1. The lowest BCUT2D eigenvalue weighted by molar-refractivity contribution is 0.0861. The molecule has 7 nitrogen and oxygen atoms in total. The zero-order valence-corrected chi connectivity index (χ0v) is 20.1. The van der Waals surface area contributed by atoms with E-state index in [-0.39, 0.29) is 17.8 Å². The Kier molecular flexibility index (Phi) is 7.13. The smallest absolute Gasteiger partial charge is 0.297 e. The molecule has 1 aromatic heterocycles. The van der Waals surface area contributed by atoms with E-state index in [9.17, 15) is 9.18 Å². The molecule has 4 aromatic rings. The average Bonchev–Trinajstić information content (AvgIpc) is 3.23. The Balaban J connectivity index is 1.16. The van der Waals surface area contributed by atoms with Gasteiger partial charge in [-0.3, -0.25) is 9.36 Å². The van der Waals surface area contributed by atoms with Gasteiger partial charge in [0.15, 0.2) is 0 Å². The maximum atomic E-state index is 13.4. The predicted molar refractivity (Wildman–Crippen MR) is 139 cm³/mol. The molecule has 0 atom stereocenters. The molecule has 0 spiro atoms. The molecule has 5 rings (SSSR count). The van der Waals surface area contributed by atoms with Crippen molar-refractivity contribution in [1.82, 2.24) is 19.8 Å². The maximum absolute atomic E-state index is 13.4. The highest BCUT2D eigenvalue weighted by Gasteiger charge is 2.23. The number of piperidine rings is 1. The molecule has 1 aliphatic rings. The highest BCUT2D eigenvalue weighted by molar-refractivity contribution is 5.99. The van der Waals surface area contributed by atoms with Crippen molar-refractivity contribution < 1.29 is 13.9 Å². The zero-order chi connectivity index (χ0) is 24.9. The van der Waals surface area contributed by atoms with E-state index in [0.717, 1.165) is 49.1 Å². The van der Waals surface area contributed by atoms with Crippen LogP contribution in [0.25, 0.3) is 11.0 Å². The molecule has 8 heteroatoms. The van der Waals surface area contributed by atoms with Crippen molar-refractivity contribution in [2.75, 3.05) is 31.9 Å². The van der Waals surface area contributed by atoms with Gasteiger partial charge in [-0.2, -0.15) is 4.98 Å². The van der Waals surface area contributed by atoms with Crippen molar-refractivity contribution in [3.8, 4) is 6.01 Å². The number of likely N-dealkylation sites (tertiary alicyclic amines) is 1. The third-order valence-electron chi connectivity index (χ3n) is 6.60. The molecule has 3 aromatic carbocycles. The van der Waals surface area contributed by atoms with Crippen LogP contribution in [0.5, 0.6) is 6.01 Å². The number of halogens is 1. The molecule has 2 heterocycles. The fraction of sp³-hybridized carbons (Fsp3) is 0.286. The van der Waals surface area contributed by atoms with Crippen molar-refractivity contribution in [3.05, 3.63) is 89.7 Å². The first-order valence-corrected chi connectivity index (χ1v) is 12.3. The van der Waals surface area contributed by atoms with Gasteiger partial charge in [-0.15, -0.1) is 0 Å². The Morgan fingerprint density at radius 3 is 2.53 bits per heavy atom. The molecule has 36 heavy (non-hydrogen) atoms. The van der Waals surface area contributed by atoms with Gasteiger partial charge < -0.3 is 20.7 Å². The lowest BCUT2D eigenvalue weighted by Crippen LogP contribution is -2.42. The van der Waals surface area contributed by atoms with E-state index in [4.69, 9.17) is 15.5 Å². The van der Waals surface area contributed by atoms with Crippen LogP contribution >= 0.6 is 0 Å². The number of hydrogen-bond donors (Lipinski definition) is 2. The van der Waals surface area contributed by atoms with Crippen LogP contribution in [0.2, 0.25) is 0 Å². The number of nitrogens with two attached hydrogens (primary N) is 1. The van der Waals surface area contributed by atoms with Gasteiger partial charge in [-0.1, -0.05) is 36.4 Å². The summed E-state index contributed by atoms with van der Waals surface area (Å²) in [6.07, 6.45) is 1.81. The van der Waals surface area contributed by atoms with Crippen LogP contribution in [-0.4, -0.2) is 52.6 Å². The standard InChI is InChI=1S/C28H30FN5O2/c29-21-11-9-20(10-12-21)19-34-26-8-4-3-7-25(26)32-28(34)36-22-13-16-33(17-14-22)18-15-31-27(35)23-5-1-2-6-24(23)30/h1-12,22H,13-19,30H2,(H,31,35). The number of aromatic nitrogens is 2. The van der Waals surface area contributed by atoms with Crippen LogP contribution in [0.15, 0.2) is 72.8 Å². The molecule has 186 valence electrons. The number of imidazole rings is 1. The van der Waals surface area contributed by atoms with Gasteiger partial charge >= 0.3 is 0 Å². The monoisotopic (exact) mass is 487 g/mol. The summed E-state index contributed by atoms with van der Waals surface area (Å²) in [4.78, 5) is 19.4. The fourth-order valence-corrected chi connectivity index (χ4v) is 4.59. The predicted octanol–water partition coefficient (Wildman–Crippen LogP) is 4.08. The number of para-hydroxylation sites is 3. The summed E-state index contributed by atoms with van der Waals surface area (Å²) in [7, 11) is 0. The minimum Gasteiger partial charge on any atom is -0.461 e. The van der Waals surface area contributed by atoms with Crippen LogP contribution in [-0.2, 0) is 6.54 Å². The molecule has 0 unspecified atom stereocenters. The summed E-state index contributed by atoms with van der Waals surface area (Å²) in [5, 5.41) is 2.96. The molecule has 0 bridgehead atoms. The zero-order valence-electron chi connectivity index (χ0n) is 20.1. The second-order valence-corrected chi connectivity index (χ2v) is 9.10. The number of nitrogens with one attached hydrogen (secondary N) is 1. The maximum Gasteiger partial charge on any atom is 0.297 e. The molecular formula is C28H30FN5O2. The normalized spacial score (nSPS) is 14.7. The summed E-state index contributed by atoms with van der Waals surface area (Å²) in [6.45, 7) is 3.65. The SMILES string of the molecule is Nc1ccccc1C(=O)NCCN1CCC(Oc2nc3ccccc3n2Cc2ccc(F)cc2)CC1.